The van der Waals surface area contributed by atoms with Crippen molar-refractivity contribution in [2.45, 2.75) is 13.3 Å². The van der Waals surface area contributed by atoms with Crippen molar-refractivity contribution in [3.05, 3.63) is 28.9 Å². The second-order valence-corrected chi connectivity index (χ2v) is 4.79. The summed E-state index contributed by atoms with van der Waals surface area (Å²) in [5, 5.41) is 0. The number of hydrogen-bond donors (Lipinski definition) is 0. The van der Waals surface area contributed by atoms with E-state index in [4.69, 9.17) is 0 Å². The topological polar surface area (TPSA) is 0 Å². The Labute approximate surface area is 95.8 Å². The Hall–Kier alpha value is 0.647. The van der Waals surface area contributed by atoms with Crippen LogP contribution >= 0.6 is 23.5 Å². The molecule has 1 saturated heterocycles. The van der Waals surface area contributed by atoms with E-state index in [1.807, 2.05) is 30.4 Å². The second-order valence-electron chi connectivity index (χ2n) is 2.25. The first kappa shape index (κ1) is 12.6. The summed E-state index contributed by atoms with van der Waals surface area (Å²) in [5.74, 6) is 2.59. The Morgan fingerprint density at radius 2 is 1.83 bits per heavy atom. The Morgan fingerprint density at radius 1 is 1.17 bits per heavy atom. The van der Waals surface area contributed by atoms with Gasteiger partial charge in [0.2, 0.25) is 0 Å². The Balaban J connectivity index is 0.00000121. The van der Waals surface area contributed by atoms with Crippen LogP contribution in [0, 0.1) is 4.58 Å². The zero-order valence-corrected chi connectivity index (χ0v) is 9.38. The SMILES string of the molecule is C/C=C/C=C/[C-]1SCCCS1.[Li+]. The molecule has 0 N–H and O–H groups in total. The van der Waals surface area contributed by atoms with Crippen LogP contribution in [-0.2, 0) is 0 Å². The van der Waals surface area contributed by atoms with E-state index < -0.39 is 0 Å². The van der Waals surface area contributed by atoms with Gasteiger partial charge in [0.1, 0.15) is 0 Å². The normalized spacial score (nSPS) is 18.6. The molecule has 1 aliphatic heterocycles. The average Bonchev–Trinajstić information content (AvgIpc) is 2.07. The van der Waals surface area contributed by atoms with Gasteiger partial charge in [-0.15, -0.1) is 16.7 Å². The van der Waals surface area contributed by atoms with E-state index in [1.54, 1.807) is 0 Å². The Kier molecular flexibility index (Phi) is 8.70. The van der Waals surface area contributed by atoms with Crippen LogP contribution in [0.4, 0.5) is 0 Å². The minimum atomic E-state index is 0. The third-order valence-corrected chi connectivity index (χ3v) is 3.85. The van der Waals surface area contributed by atoms with Crippen molar-refractivity contribution in [2.24, 2.45) is 0 Å². The Morgan fingerprint density at radius 3 is 2.42 bits per heavy atom. The summed E-state index contributed by atoms with van der Waals surface area (Å²) < 4.78 is 1.47. The van der Waals surface area contributed by atoms with Gasteiger partial charge in [-0.25, -0.2) is 35.7 Å². The van der Waals surface area contributed by atoms with Gasteiger partial charge in [0.05, 0.1) is 0 Å². The molecule has 0 radical (unpaired) electrons. The standard InChI is InChI=1S/C9H13S2.Li/c1-2-3-4-6-9-10-7-5-8-11-9;/h2-4,6H,5,7-8H2,1H3;/q-1;+1/b3-2+,6-4+;. The molecular formula is C9H13LiS2. The molecule has 0 nitrogen and oxygen atoms in total. The van der Waals surface area contributed by atoms with E-state index in [2.05, 4.69) is 24.3 Å². The molecule has 0 atom stereocenters. The number of rotatable bonds is 2. The van der Waals surface area contributed by atoms with Crippen molar-refractivity contribution in [2.75, 3.05) is 11.5 Å². The third kappa shape index (κ3) is 5.32. The molecular weight excluding hydrogens is 179 g/mol. The summed E-state index contributed by atoms with van der Waals surface area (Å²) in [7, 11) is 0. The number of thioether (sulfide) groups is 2. The van der Waals surface area contributed by atoms with E-state index in [9.17, 15) is 0 Å². The van der Waals surface area contributed by atoms with E-state index in [-0.39, 0.29) is 18.9 Å². The number of hydrogen-bond acceptors (Lipinski definition) is 2. The van der Waals surface area contributed by atoms with Gasteiger partial charge in [0.15, 0.2) is 0 Å². The zero-order valence-electron chi connectivity index (χ0n) is 7.75. The quantitative estimate of drug-likeness (QED) is 0.355. The van der Waals surface area contributed by atoms with E-state index >= 15 is 0 Å². The van der Waals surface area contributed by atoms with Crippen LogP contribution < -0.4 is 18.9 Å². The molecule has 0 bridgehead atoms. The predicted molar refractivity (Wildman–Crippen MR) is 56.7 cm³/mol. The van der Waals surface area contributed by atoms with Gasteiger partial charge in [-0.05, 0) is 24.9 Å². The van der Waals surface area contributed by atoms with Gasteiger partial charge >= 0.3 is 18.9 Å². The summed E-state index contributed by atoms with van der Waals surface area (Å²) in [6.45, 7) is 2.04. The smallest absolute Gasteiger partial charge is 0.221 e. The Bertz CT molecular complexity index is 149. The van der Waals surface area contributed by atoms with Crippen molar-refractivity contribution in [3.8, 4) is 0 Å². The van der Waals surface area contributed by atoms with E-state index in [0.29, 0.717) is 0 Å². The molecule has 3 heteroatoms. The van der Waals surface area contributed by atoms with Crippen LogP contribution in [0.1, 0.15) is 13.3 Å². The molecule has 1 heterocycles. The van der Waals surface area contributed by atoms with Gasteiger partial charge in [-0.3, -0.25) is 0 Å². The van der Waals surface area contributed by atoms with Crippen LogP contribution in [0.15, 0.2) is 24.3 Å². The van der Waals surface area contributed by atoms with E-state index in [1.165, 1.54) is 22.5 Å². The summed E-state index contributed by atoms with van der Waals surface area (Å²) >= 11 is 3.95. The first-order chi connectivity index (χ1) is 5.43. The van der Waals surface area contributed by atoms with Crippen LogP contribution in [0.25, 0.3) is 0 Å². The van der Waals surface area contributed by atoms with Crippen LogP contribution in [0.5, 0.6) is 0 Å². The molecule has 1 rings (SSSR count). The van der Waals surface area contributed by atoms with Crippen LogP contribution in [0.2, 0.25) is 0 Å². The first-order valence-corrected chi connectivity index (χ1v) is 5.82. The summed E-state index contributed by atoms with van der Waals surface area (Å²) in [6.07, 6.45) is 9.80. The van der Waals surface area contributed by atoms with Gasteiger partial charge in [0, 0.05) is 0 Å². The summed E-state index contributed by atoms with van der Waals surface area (Å²) in [6, 6.07) is 0. The molecule has 0 aromatic heterocycles. The van der Waals surface area contributed by atoms with Crippen LogP contribution in [-0.4, -0.2) is 11.5 Å². The maximum Gasteiger partial charge on any atom is 1.00 e. The van der Waals surface area contributed by atoms with Gasteiger partial charge < -0.3 is 0 Å². The predicted octanol–water partition coefficient (Wildman–Crippen LogP) is 0.482. The molecule has 1 fully saturated rings. The molecule has 0 aromatic carbocycles. The fourth-order valence-corrected chi connectivity index (χ4v) is 3.13. The average molecular weight is 192 g/mol. The van der Waals surface area contributed by atoms with Crippen LogP contribution in [0.3, 0.4) is 0 Å². The van der Waals surface area contributed by atoms with Gasteiger partial charge in [0.25, 0.3) is 0 Å². The summed E-state index contributed by atoms with van der Waals surface area (Å²) in [4.78, 5) is 0. The van der Waals surface area contributed by atoms with Crippen molar-refractivity contribution < 1.29 is 18.9 Å². The molecule has 0 amide bonds. The molecule has 0 unspecified atom stereocenters. The molecule has 0 aliphatic carbocycles. The largest absolute Gasteiger partial charge is 1.00 e. The van der Waals surface area contributed by atoms with Gasteiger partial charge in [-0.1, -0.05) is 0 Å². The first-order valence-electron chi connectivity index (χ1n) is 3.85. The molecule has 0 spiro atoms. The minimum absolute atomic E-state index is 0. The van der Waals surface area contributed by atoms with Crippen molar-refractivity contribution >= 4 is 23.5 Å². The van der Waals surface area contributed by atoms with Crippen molar-refractivity contribution in [1.82, 2.24) is 0 Å². The maximum atomic E-state index is 2.20. The molecule has 62 valence electrons. The third-order valence-electron chi connectivity index (χ3n) is 1.31. The molecule has 1 aliphatic rings. The van der Waals surface area contributed by atoms with Gasteiger partial charge in [-0.2, -0.15) is 0 Å². The fraction of sp³-hybridized carbons (Fsp3) is 0.444. The minimum Gasteiger partial charge on any atom is -0.221 e. The van der Waals surface area contributed by atoms with E-state index in [0.717, 1.165) is 0 Å². The summed E-state index contributed by atoms with van der Waals surface area (Å²) in [5.41, 5.74) is 0. The monoisotopic (exact) mass is 192 g/mol. The number of allylic oxidation sites excluding steroid dienone is 3. The molecule has 0 aromatic rings. The van der Waals surface area contributed by atoms with Crippen molar-refractivity contribution in [1.29, 1.82) is 0 Å². The van der Waals surface area contributed by atoms with Crippen molar-refractivity contribution in [3.63, 3.8) is 0 Å². The zero-order chi connectivity index (χ0) is 7.94. The second kappa shape index (κ2) is 8.25. The maximum absolute atomic E-state index is 2.20. The molecule has 12 heavy (non-hydrogen) atoms. The fourth-order valence-electron chi connectivity index (χ4n) is 0.788. The molecule has 0 saturated carbocycles.